The minimum Gasteiger partial charge on any atom is -0.472 e. The van der Waals surface area contributed by atoms with E-state index in [1.54, 1.807) is 19.9 Å². The zero-order chi connectivity index (χ0) is 15.0. The molecule has 0 aliphatic carbocycles. The topological polar surface area (TPSA) is 76.8 Å². The van der Waals surface area contributed by atoms with Crippen LogP contribution >= 0.6 is 0 Å². The van der Waals surface area contributed by atoms with Gasteiger partial charge in [-0.3, -0.25) is 4.79 Å². The summed E-state index contributed by atoms with van der Waals surface area (Å²) in [6.45, 7) is 4.48. The van der Waals surface area contributed by atoms with Gasteiger partial charge in [-0.25, -0.2) is 8.42 Å². The molecule has 0 radical (unpaired) electrons. The van der Waals surface area contributed by atoms with E-state index < -0.39 is 10.0 Å². The second-order valence-electron chi connectivity index (χ2n) is 4.28. The van der Waals surface area contributed by atoms with E-state index in [0.29, 0.717) is 13.2 Å². The third-order valence-corrected chi connectivity index (χ3v) is 4.75. The Bertz CT molecular complexity index is 495. The molecule has 1 heterocycles. The van der Waals surface area contributed by atoms with Gasteiger partial charge >= 0.3 is 5.97 Å². The molecule has 1 aromatic heterocycles. The van der Waals surface area contributed by atoms with Crippen molar-refractivity contribution in [2.45, 2.75) is 33.2 Å². The van der Waals surface area contributed by atoms with Gasteiger partial charge in [0.25, 0.3) is 0 Å². The molecule has 0 atom stereocenters. The zero-order valence-electron chi connectivity index (χ0n) is 11.9. The summed E-state index contributed by atoms with van der Waals surface area (Å²) in [6, 6.07) is 1.73. The van der Waals surface area contributed by atoms with Crippen LogP contribution in [-0.2, 0) is 26.1 Å². The monoisotopic (exact) mass is 303 g/mol. The quantitative estimate of drug-likeness (QED) is 0.650. The first kappa shape index (κ1) is 16.7. The highest BCUT2D eigenvalue weighted by Gasteiger charge is 2.21. The van der Waals surface area contributed by atoms with Crippen molar-refractivity contribution in [1.29, 1.82) is 0 Å². The van der Waals surface area contributed by atoms with Crippen molar-refractivity contribution in [2.75, 3.05) is 18.9 Å². The number of nitrogens with zero attached hydrogens (tertiary/aromatic N) is 1. The molecule has 20 heavy (non-hydrogen) atoms. The van der Waals surface area contributed by atoms with Crippen LogP contribution in [0.2, 0.25) is 0 Å². The van der Waals surface area contributed by atoms with Gasteiger partial charge in [0, 0.05) is 25.1 Å². The Balaban J connectivity index is 2.50. The fraction of sp³-hybridized carbons (Fsp3) is 0.615. The number of hydrogen-bond acceptors (Lipinski definition) is 5. The Hall–Kier alpha value is -1.34. The fourth-order valence-corrected chi connectivity index (χ4v) is 3.26. The lowest BCUT2D eigenvalue weighted by molar-refractivity contribution is -0.143. The van der Waals surface area contributed by atoms with Gasteiger partial charge in [-0.2, -0.15) is 4.31 Å². The van der Waals surface area contributed by atoms with Crippen molar-refractivity contribution < 1.29 is 22.4 Å². The van der Waals surface area contributed by atoms with Gasteiger partial charge in [0.15, 0.2) is 0 Å². The van der Waals surface area contributed by atoms with E-state index in [2.05, 4.69) is 0 Å². The number of carbonyl (C=O) groups excluding carboxylic acids is 1. The van der Waals surface area contributed by atoms with Crippen LogP contribution in [0.3, 0.4) is 0 Å². The molecule has 0 bridgehead atoms. The maximum absolute atomic E-state index is 12.2. The summed E-state index contributed by atoms with van der Waals surface area (Å²) < 4.78 is 35.4. The van der Waals surface area contributed by atoms with Gasteiger partial charge in [-0.05, 0) is 19.4 Å². The molecular weight excluding hydrogens is 282 g/mol. The number of hydrogen-bond donors (Lipinski definition) is 0. The minimum absolute atomic E-state index is 0.0580. The summed E-state index contributed by atoms with van der Waals surface area (Å²) in [5, 5.41) is 0. The Morgan fingerprint density at radius 3 is 2.70 bits per heavy atom. The number of rotatable bonds is 9. The van der Waals surface area contributed by atoms with Crippen LogP contribution in [0, 0.1) is 0 Å². The standard InChI is InChI=1S/C13H21NO5S/c1-3-14(10-12-7-8-18-11-12)20(16,17)9-5-6-13(15)19-4-2/h7-8,11H,3-6,9-10H2,1-2H3. The molecule has 0 amide bonds. The Labute approximate surface area is 119 Å². The minimum atomic E-state index is -3.38. The summed E-state index contributed by atoms with van der Waals surface area (Å²) in [5.74, 6) is -0.419. The maximum Gasteiger partial charge on any atom is 0.305 e. The Morgan fingerprint density at radius 2 is 2.15 bits per heavy atom. The van der Waals surface area contributed by atoms with Gasteiger partial charge in [0.1, 0.15) is 0 Å². The van der Waals surface area contributed by atoms with Crippen molar-refractivity contribution in [3.63, 3.8) is 0 Å². The van der Waals surface area contributed by atoms with E-state index in [4.69, 9.17) is 9.15 Å². The molecule has 1 rings (SSSR count). The highest BCUT2D eigenvalue weighted by atomic mass is 32.2. The molecule has 0 unspecified atom stereocenters. The zero-order valence-corrected chi connectivity index (χ0v) is 12.7. The summed E-state index contributed by atoms with van der Waals surface area (Å²) in [5.41, 5.74) is 0.806. The summed E-state index contributed by atoms with van der Waals surface area (Å²) in [4.78, 5) is 11.2. The fourth-order valence-electron chi connectivity index (χ4n) is 1.75. The molecule has 0 aromatic carbocycles. The van der Waals surface area contributed by atoms with Gasteiger partial charge in [-0.1, -0.05) is 6.92 Å². The van der Waals surface area contributed by atoms with E-state index in [1.807, 2.05) is 0 Å². The van der Waals surface area contributed by atoms with E-state index in [-0.39, 0.29) is 31.1 Å². The van der Waals surface area contributed by atoms with Crippen molar-refractivity contribution in [3.8, 4) is 0 Å². The molecule has 0 spiro atoms. The normalized spacial score (nSPS) is 11.8. The van der Waals surface area contributed by atoms with Crippen LogP contribution in [0.25, 0.3) is 0 Å². The van der Waals surface area contributed by atoms with Crippen molar-refractivity contribution >= 4 is 16.0 Å². The van der Waals surface area contributed by atoms with Crippen LogP contribution in [-0.4, -0.2) is 37.6 Å². The predicted molar refractivity (Wildman–Crippen MR) is 74.4 cm³/mol. The molecule has 114 valence electrons. The van der Waals surface area contributed by atoms with E-state index >= 15 is 0 Å². The van der Waals surface area contributed by atoms with Gasteiger partial charge in [0.2, 0.25) is 10.0 Å². The molecule has 0 fully saturated rings. The number of esters is 1. The number of furan rings is 1. The van der Waals surface area contributed by atoms with E-state index in [0.717, 1.165) is 5.56 Å². The van der Waals surface area contributed by atoms with Crippen LogP contribution in [0.15, 0.2) is 23.0 Å². The highest BCUT2D eigenvalue weighted by Crippen LogP contribution is 2.11. The Kier molecular flexibility index (Phi) is 6.74. The van der Waals surface area contributed by atoms with Crippen molar-refractivity contribution in [2.24, 2.45) is 0 Å². The number of ether oxygens (including phenoxy) is 1. The molecule has 0 saturated heterocycles. The first-order valence-electron chi connectivity index (χ1n) is 6.64. The molecule has 7 heteroatoms. The van der Waals surface area contributed by atoms with Crippen LogP contribution in [0.4, 0.5) is 0 Å². The van der Waals surface area contributed by atoms with E-state index in [1.165, 1.54) is 16.8 Å². The summed E-state index contributed by atoms with van der Waals surface area (Å²) in [7, 11) is -3.38. The first-order chi connectivity index (χ1) is 9.49. The van der Waals surface area contributed by atoms with Gasteiger partial charge in [-0.15, -0.1) is 0 Å². The number of carbonyl (C=O) groups is 1. The summed E-state index contributed by atoms with van der Waals surface area (Å²) >= 11 is 0. The van der Waals surface area contributed by atoms with Crippen molar-refractivity contribution in [1.82, 2.24) is 4.31 Å². The molecular formula is C13H21NO5S. The SMILES string of the molecule is CCOC(=O)CCCS(=O)(=O)N(CC)Cc1ccoc1. The second kappa shape index (κ2) is 8.06. The van der Waals surface area contributed by atoms with E-state index in [9.17, 15) is 13.2 Å². The molecule has 0 aliphatic rings. The van der Waals surface area contributed by atoms with Crippen LogP contribution in [0.1, 0.15) is 32.3 Å². The third-order valence-electron chi connectivity index (χ3n) is 2.77. The Morgan fingerprint density at radius 1 is 1.40 bits per heavy atom. The first-order valence-corrected chi connectivity index (χ1v) is 8.25. The number of sulfonamides is 1. The lowest BCUT2D eigenvalue weighted by Gasteiger charge is -2.19. The van der Waals surface area contributed by atoms with Crippen LogP contribution < -0.4 is 0 Å². The molecule has 0 N–H and O–H groups in total. The van der Waals surface area contributed by atoms with Gasteiger partial charge < -0.3 is 9.15 Å². The molecule has 6 nitrogen and oxygen atoms in total. The lowest BCUT2D eigenvalue weighted by Crippen LogP contribution is -2.32. The van der Waals surface area contributed by atoms with Gasteiger partial charge in [0.05, 0.1) is 24.9 Å². The molecule has 1 aromatic rings. The largest absolute Gasteiger partial charge is 0.472 e. The lowest BCUT2D eigenvalue weighted by atomic mass is 10.3. The predicted octanol–water partition coefficient (Wildman–Crippen LogP) is 1.77. The molecule has 0 aliphatic heterocycles. The molecule has 0 saturated carbocycles. The maximum atomic E-state index is 12.2. The average molecular weight is 303 g/mol. The second-order valence-corrected chi connectivity index (χ2v) is 6.37. The van der Waals surface area contributed by atoms with Crippen LogP contribution in [0.5, 0.6) is 0 Å². The summed E-state index contributed by atoms with van der Waals surface area (Å²) in [6.07, 6.45) is 3.42. The average Bonchev–Trinajstić information content (AvgIpc) is 2.88. The smallest absolute Gasteiger partial charge is 0.305 e. The van der Waals surface area contributed by atoms with Crippen molar-refractivity contribution in [3.05, 3.63) is 24.2 Å². The third kappa shape index (κ3) is 5.34. The highest BCUT2D eigenvalue weighted by molar-refractivity contribution is 7.89.